The molecule has 1 aliphatic carbocycles. The third-order valence-corrected chi connectivity index (χ3v) is 4.49. The number of likely N-dealkylation sites (tertiary alicyclic amines) is 1. The maximum atomic E-state index is 5.33. The van der Waals surface area contributed by atoms with E-state index >= 15 is 0 Å². The second kappa shape index (κ2) is 6.59. The molecule has 110 valence electrons. The summed E-state index contributed by atoms with van der Waals surface area (Å²) >= 11 is 0. The van der Waals surface area contributed by atoms with Crippen molar-refractivity contribution in [2.24, 2.45) is 0 Å². The van der Waals surface area contributed by atoms with Crippen LogP contribution in [0.4, 0.5) is 0 Å². The maximum Gasteiger partial charge on any atom is 0.119 e. The SMILES string of the molecule is COc1cccc(CN2CCCCC2CNC2CC2)c1. The van der Waals surface area contributed by atoms with Crippen LogP contribution in [0, 0.1) is 0 Å². The first-order valence-corrected chi connectivity index (χ1v) is 7.95. The topological polar surface area (TPSA) is 24.5 Å². The molecule has 1 atom stereocenters. The third-order valence-electron chi connectivity index (χ3n) is 4.49. The highest BCUT2D eigenvalue weighted by Gasteiger charge is 2.26. The van der Waals surface area contributed by atoms with E-state index in [1.165, 1.54) is 44.2 Å². The minimum absolute atomic E-state index is 0.704. The van der Waals surface area contributed by atoms with Gasteiger partial charge in [-0.15, -0.1) is 0 Å². The molecule has 0 bridgehead atoms. The molecule has 1 aliphatic heterocycles. The Morgan fingerprint density at radius 1 is 1.25 bits per heavy atom. The predicted molar refractivity (Wildman–Crippen MR) is 82.1 cm³/mol. The van der Waals surface area contributed by atoms with Crippen LogP contribution in [0.15, 0.2) is 24.3 Å². The molecule has 0 spiro atoms. The summed E-state index contributed by atoms with van der Waals surface area (Å²) in [5.41, 5.74) is 1.36. The van der Waals surface area contributed by atoms with Crippen molar-refractivity contribution in [3.8, 4) is 5.75 Å². The Kier molecular flexibility index (Phi) is 4.58. The first kappa shape index (κ1) is 13.9. The van der Waals surface area contributed by atoms with Gasteiger partial charge >= 0.3 is 0 Å². The molecular formula is C17H26N2O. The summed E-state index contributed by atoms with van der Waals surface area (Å²) in [7, 11) is 1.74. The molecule has 1 aromatic carbocycles. The minimum Gasteiger partial charge on any atom is -0.497 e. The molecule has 3 nitrogen and oxygen atoms in total. The Morgan fingerprint density at radius 3 is 2.95 bits per heavy atom. The number of piperidine rings is 1. The average Bonchev–Trinajstić information content (AvgIpc) is 3.31. The second-order valence-corrected chi connectivity index (χ2v) is 6.15. The average molecular weight is 274 g/mol. The van der Waals surface area contributed by atoms with Gasteiger partial charge in [-0.1, -0.05) is 18.6 Å². The fourth-order valence-corrected chi connectivity index (χ4v) is 3.09. The molecule has 1 saturated heterocycles. The van der Waals surface area contributed by atoms with Gasteiger partial charge < -0.3 is 10.1 Å². The lowest BCUT2D eigenvalue weighted by molar-refractivity contribution is 0.137. The summed E-state index contributed by atoms with van der Waals surface area (Å²) in [5, 5.41) is 3.70. The Balaban J connectivity index is 1.59. The van der Waals surface area contributed by atoms with Gasteiger partial charge in [0.05, 0.1) is 7.11 Å². The molecule has 3 rings (SSSR count). The normalized spacial score (nSPS) is 23.8. The van der Waals surface area contributed by atoms with Gasteiger partial charge in [0.2, 0.25) is 0 Å². The molecule has 1 N–H and O–H groups in total. The Labute approximate surface area is 122 Å². The second-order valence-electron chi connectivity index (χ2n) is 6.15. The number of nitrogens with zero attached hydrogens (tertiary/aromatic N) is 1. The van der Waals surface area contributed by atoms with E-state index in [0.717, 1.165) is 24.9 Å². The van der Waals surface area contributed by atoms with Crippen LogP contribution in [0.5, 0.6) is 5.75 Å². The van der Waals surface area contributed by atoms with E-state index < -0.39 is 0 Å². The number of methoxy groups -OCH3 is 1. The number of rotatable bonds is 6. The van der Waals surface area contributed by atoms with E-state index in [-0.39, 0.29) is 0 Å². The maximum absolute atomic E-state index is 5.33. The van der Waals surface area contributed by atoms with Crippen molar-refractivity contribution < 1.29 is 4.74 Å². The fraction of sp³-hybridized carbons (Fsp3) is 0.647. The zero-order valence-corrected chi connectivity index (χ0v) is 12.5. The van der Waals surface area contributed by atoms with Gasteiger partial charge in [-0.25, -0.2) is 0 Å². The molecule has 0 aromatic heterocycles. The minimum atomic E-state index is 0.704. The molecular weight excluding hydrogens is 248 g/mol. The van der Waals surface area contributed by atoms with Crippen LogP contribution in [0.25, 0.3) is 0 Å². The lowest BCUT2D eigenvalue weighted by Gasteiger charge is -2.36. The quantitative estimate of drug-likeness (QED) is 0.863. The van der Waals surface area contributed by atoms with Gasteiger partial charge in [-0.05, 0) is 49.9 Å². The highest BCUT2D eigenvalue weighted by Crippen LogP contribution is 2.23. The van der Waals surface area contributed by atoms with Crippen molar-refractivity contribution in [1.82, 2.24) is 10.2 Å². The van der Waals surface area contributed by atoms with Crippen molar-refractivity contribution in [1.29, 1.82) is 0 Å². The number of hydrogen-bond acceptors (Lipinski definition) is 3. The summed E-state index contributed by atoms with van der Waals surface area (Å²) in [6.45, 7) is 3.44. The van der Waals surface area contributed by atoms with Crippen molar-refractivity contribution in [3.63, 3.8) is 0 Å². The van der Waals surface area contributed by atoms with Crippen LogP contribution in [0.2, 0.25) is 0 Å². The van der Waals surface area contributed by atoms with Crippen LogP contribution in [0.3, 0.4) is 0 Å². The lowest BCUT2D eigenvalue weighted by atomic mass is 10.0. The molecule has 3 heteroatoms. The third kappa shape index (κ3) is 3.74. The standard InChI is InChI=1S/C17H26N2O/c1-20-17-7-4-5-14(11-17)13-19-10-3-2-6-16(19)12-18-15-8-9-15/h4-5,7,11,15-16,18H,2-3,6,8-10,12-13H2,1H3. The smallest absolute Gasteiger partial charge is 0.119 e. The van der Waals surface area contributed by atoms with Gasteiger partial charge in [-0.2, -0.15) is 0 Å². The van der Waals surface area contributed by atoms with Crippen LogP contribution in [0.1, 0.15) is 37.7 Å². The van der Waals surface area contributed by atoms with E-state index in [9.17, 15) is 0 Å². The van der Waals surface area contributed by atoms with E-state index in [1.54, 1.807) is 7.11 Å². The van der Waals surface area contributed by atoms with Gasteiger partial charge in [0, 0.05) is 25.2 Å². The highest BCUT2D eigenvalue weighted by atomic mass is 16.5. The van der Waals surface area contributed by atoms with Crippen LogP contribution < -0.4 is 10.1 Å². The van der Waals surface area contributed by atoms with Gasteiger partial charge in [0.15, 0.2) is 0 Å². The van der Waals surface area contributed by atoms with E-state index in [1.807, 2.05) is 6.07 Å². The molecule has 20 heavy (non-hydrogen) atoms. The molecule has 0 amide bonds. The highest BCUT2D eigenvalue weighted by molar-refractivity contribution is 5.28. The number of nitrogens with one attached hydrogen (secondary N) is 1. The zero-order valence-electron chi connectivity index (χ0n) is 12.5. The monoisotopic (exact) mass is 274 g/mol. The Bertz CT molecular complexity index is 431. The number of hydrogen-bond donors (Lipinski definition) is 1. The van der Waals surface area contributed by atoms with Crippen LogP contribution in [-0.2, 0) is 6.54 Å². The zero-order chi connectivity index (χ0) is 13.8. The summed E-state index contributed by atoms with van der Waals surface area (Å²) in [5.74, 6) is 0.965. The van der Waals surface area contributed by atoms with Gasteiger partial charge in [0.25, 0.3) is 0 Å². The van der Waals surface area contributed by atoms with Crippen molar-refractivity contribution >= 4 is 0 Å². The Hall–Kier alpha value is -1.06. The van der Waals surface area contributed by atoms with Crippen molar-refractivity contribution in [2.45, 2.75) is 50.7 Å². The lowest BCUT2D eigenvalue weighted by Crippen LogP contribution is -2.45. The summed E-state index contributed by atoms with van der Waals surface area (Å²) < 4.78 is 5.33. The first-order chi connectivity index (χ1) is 9.85. The number of ether oxygens (including phenoxy) is 1. The van der Waals surface area contributed by atoms with E-state index in [2.05, 4.69) is 28.4 Å². The summed E-state index contributed by atoms with van der Waals surface area (Å²) in [6, 6.07) is 10.0. The molecule has 2 fully saturated rings. The molecule has 2 aliphatic rings. The molecule has 0 radical (unpaired) electrons. The fourth-order valence-electron chi connectivity index (χ4n) is 3.09. The van der Waals surface area contributed by atoms with Crippen molar-refractivity contribution in [2.75, 3.05) is 20.2 Å². The van der Waals surface area contributed by atoms with Crippen molar-refractivity contribution in [3.05, 3.63) is 29.8 Å². The summed E-state index contributed by atoms with van der Waals surface area (Å²) in [4.78, 5) is 2.65. The first-order valence-electron chi connectivity index (χ1n) is 7.95. The van der Waals surface area contributed by atoms with Crippen LogP contribution >= 0.6 is 0 Å². The van der Waals surface area contributed by atoms with E-state index in [4.69, 9.17) is 4.74 Å². The molecule has 1 heterocycles. The summed E-state index contributed by atoms with van der Waals surface area (Å²) in [6.07, 6.45) is 6.81. The molecule has 1 unspecified atom stereocenters. The van der Waals surface area contributed by atoms with Gasteiger partial charge in [0.1, 0.15) is 5.75 Å². The largest absolute Gasteiger partial charge is 0.497 e. The number of benzene rings is 1. The Morgan fingerprint density at radius 2 is 2.15 bits per heavy atom. The molecule has 1 aromatic rings. The predicted octanol–water partition coefficient (Wildman–Crippen LogP) is 2.80. The van der Waals surface area contributed by atoms with Crippen LogP contribution in [-0.4, -0.2) is 37.2 Å². The van der Waals surface area contributed by atoms with Gasteiger partial charge in [-0.3, -0.25) is 4.90 Å². The van der Waals surface area contributed by atoms with E-state index in [0.29, 0.717) is 6.04 Å². The molecule has 1 saturated carbocycles.